The summed E-state index contributed by atoms with van der Waals surface area (Å²) in [4.78, 5) is 16.8. The first-order valence-corrected chi connectivity index (χ1v) is 8.75. The molecule has 122 valence electrons. The fraction of sp³-hybridized carbons (Fsp3) is 0. The third-order valence-electron chi connectivity index (χ3n) is 4.16. The molecule has 1 atom stereocenters. The highest BCUT2D eigenvalue weighted by Gasteiger charge is 2.17. The van der Waals surface area contributed by atoms with Gasteiger partial charge in [0.05, 0.1) is 11.2 Å². The zero-order valence-corrected chi connectivity index (χ0v) is 13.8. The predicted octanol–water partition coefficient (Wildman–Crippen LogP) is 4.07. The number of para-hydroxylation sites is 1. The third-order valence-corrected chi connectivity index (χ3v) is 4.68. The van der Waals surface area contributed by atoms with E-state index in [1.165, 1.54) is 6.07 Å². The Morgan fingerprint density at radius 1 is 0.800 bits per heavy atom. The number of carbonyl (C=O) groups is 1. The lowest BCUT2D eigenvalue weighted by molar-refractivity contribution is 0.107. The zero-order chi connectivity index (χ0) is 17.4. The molecule has 3 aromatic carbocycles. The van der Waals surface area contributed by atoms with Gasteiger partial charge in [-0.2, -0.15) is 0 Å². The molecule has 0 saturated heterocycles. The number of rotatable bonds is 2. The number of carbonyl (C=O) groups excluding carboxylic acids is 1. The fourth-order valence-electron chi connectivity index (χ4n) is 3.07. The second-order valence-electron chi connectivity index (χ2n) is 5.59. The van der Waals surface area contributed by atoms with Crippen LogP contribution in [0, 0.1) is 0 Å². The van der Waals surface area contributed by atoms with E-state index in [-0.39, 0.29) is 5.56 Å². The van der Waals surface area contributed by atoms with Gasteiger partial charge in [-0.15, -0.1) is 0 Å². The molecule has 0 N–H and O–H groups in total. The maximum absolute atomic E-state index is 12.1. The largest absolute Gasteiger partial charge is 0.766 e. The average Bonchev–Trinajstić information content (AvgIpc) is 2.66. The number of pyridine rings is 1. The molecule has 0 aliphatic heterocycles. The second-order valence-corrected chi connectivity index (χ2v) is 6.43. The Hall–Kier alpha value is -2.89. The van der Waals surface area contributed by atoms with Crippen LogP contribution in [0.15, 0.2) is 72.8 Å². The first kappa shape index (κ1) is 15.6. The Balaban J connectivity index is 2.11. The maximum atomic E-state index is 12.1. The third kappa shape index (κ3) is 2.63. The van der Waals surface area contributed by atoms with Crippen molar-refractivity contribution in [1.82, 2.24) is 4.98 Å². The Labute approximate surface area is 146 Å². The molecule has 0 saturated carbocycles. The van der Waals surface area contributed by atoms with Crippen LogP contribution in [-0.2, 0) is 11.1 Å². The minimum absolute atomic E-state index is 0.128. The van der Waals surface area contributed by atoms with Crippen molar-refractivity contribution in [2.24, 2.45) is 0 Å². The molecule has 4 nitrogen and oxygen atoms in total. The summed E-state index contributed by atoms with van der Waals surface area (Å²) in [7, 11) is 0. The van der Waals surface area contributed by atoms with Gasteiger partial charge in [0.1, 0.15) is 0 Å². The number of hydrogen-bond acceptors (Lipinski definition) is 4. The van der Waals surface area contributed by atoms with E-state index in [0.717, 1.165) is 21.7 Å². The Bertz CT molecular complexity index is 1150. The minimum atomic E-state index is -2.82. The second kappa shape index (κ2) is 6.20. The molecule has 0 fully saturated rings. The quantitative estimate of drug-likeness (QED) is 0.405. The standard InChI is InChI=1S/C20H13NO3S/c22-20(25(23)24)17-11-4-3-10-16(17)19-15-9-2-1-7-13(15)14-8-5-6-12-18(14)21-19/h1-12H,(H,23,24)/p-1. The van der Waals surface area contributed by atoms with Crippen molar-refractivity contribution in [3.8, 4) is 11.3 Å². The molecule has 25 heavy (non-hydrogen) atoms. The normalized spacial score (nSPS) is 12.4. The van der Waals surface area contributed by atoms with Crippen LogP contribution in [0.2, 0.25) is 0 Å². The average molecular weight is 346 g/mol. The van der Waals surface area contributed by atoms with Gasteiger partial charge in [0, 0.05) is 33.0 Å². The monoisotopic (exact) mass is 346 g/mol. The van der Waals surface area contributed by atoms with Crippen molar-refractivity contribution < 1.29 is 13.6 Å². The summed E-state index contributed by atoms with van der Waals surface area (Å²) in [6, 6.07) is 22.2. The van der Waals surface area contributed by atoms with Crippen LogP contribution < -0.4 is 0 Å². The maximum Gasteiger partial charge on any atom is 0.236 e. The Kier molecular flexibility index (Phi) is 3.87. The lowest BCUT2D eigenvalue weighted by Crippen LogP contribution is -2.08. The van der Waals surface area contributed by atoms with Gasteiger partial charge in [-0.1, -0.05) is 60.7 Å². The number of aromatic nitrogens is 1. The van der Waals surface area contributed by atoms with Crippen LogP contribution in [0.3, 0.4) is 0 Å². The van der Waals surface area contributed by atoms with Gasteiger partial charge in [-0.05, 0) is 17.5 Å². The molecule has 1 unspecified atom stereocenters. The van der Waals surface area contributed by atoms with Crippen LogP contribution in [0.4, 0.5) is 0 Å². The Morgan fingerprint density at radius 2 is 1.40 bits per heavy atom. The highest BCUT2D eigenvalue weighted by Crippen LogP contribution is 2.34. The summed E-state index contributed by atoms with van der Waals surface area (Å²) >= 11 is -2.82. The van der Waals surface area contributed by atoms with Crippen molar-refractivity contribution in [3.05, 3.63) is 78.4 Å². The predicted molar refractivity (Wildman–Crippen MR) is 97.9 cm³/mol. The van der Waals surface area contributed by atoms with E-state index in [1.807, 2.05) is 48.5 Å². The smallest absolute Gasteiger partial charge is 0.236 e. The Morgan fingerprint density at radius 3 is 2.16 bits per heavy atom. The highest BCUT2D eigenvalue weighted by molar-refractivity contribution is 7.95. The topological polar surface area (TPSA) is 70.1 Å². The lowest BCUT2D eigenvalue weighted by atomic mass is 9.97. The molecule has 0 aliphatic carbocycles. The van der Waals surface area contributed by atoms with Crippen molar-refractivity contribution >= 4 is 37.9 Å². The van der Waals surface area contributed by atoms with Crippen molar-refractivity contribution in [2.45, 2.75) is 0 Å². The molecular formula is C20H12NO3S-. The minimum Gasteiger partial charge on any atom is -0.766 e. The summed E-state index contributed by atoms with van der Waals surface area (Å²) in [5.74, 6) is 0. The molecule has 0 aliphatic rings. The molecule has 5 heteroatoms. The number of fused-ring (bicyclic) bond motifs is 3. The van der Waals surface area contributed by atoms with Crippen LogP contribution in [0.25, 0.3) is 32.9 Å². The van der Waals surface area contributed by atoms with Gasteiger partial charge in [0.2, 0.25) is 5.12 Å². The first-order valence-electron chi connectivity index (χ1n) is 7.67. The van der Waals surface area contributed by atoms with Gasteiger partial charge in [0.25, 0.3) is 0 Å². The van der Waals surface area contributed by atoms with Crippen LogP contribution >= 0.6 is 0 Å². The molecular weight excluding hydrogens is 334 g/mol. The van der Waals surface area contributed by atoms with E-state index >= 15 is 0 Å². The fourth-order valence-corrected chi connectivity index (χ4v) is 3.42. The van der Waals surface area contributed by atoms with E-state index in [2.05, 4.69) is 0 Å². The molecule has 0 bridgehead atoms. The molecule has 1 aromatic heterocycles. The van der Waals surface area contributed by atoms with Crippen molar-refractivity contribution in [1.29, 1.82) is 0 Å². The summed E-state index contributed by atoms with van der Waals surface area (Å²) in [5.41, 5.74) is 2.04. The number of nitrogens with zero attached hydrogens (tertiary/aromatic N) is 1. The SMILES string of the molecule is O=C(c1ccccc1-c1nc2ccccc2c2ccccc12)S(=O)[O-]. The molecule has 4 rings (SSSR count). The van der Waals surface area contributed by atoms with E-state index in [9.17, 15) is 13.6 Å². The van der Waals surface area contributed by atoms with Crippen LogP contribution in [0.5, 0.6) is 0 Å². The summed E-state index contributed by atoms with van der Waals surface area (Å²) in [6.07, 6.45) is 0. The molecule has 0 spiro atoms. The first-order chi connectivity index (χ1) is 12.2. The van der Waals surface area contributed by atoms with E-state index in [4.69, 9.17) is 4.98 Å². The lowest BCUT2D eigenvalue weighted by Gasteiger charge is -2.13. The molecule has 0 amide bonds. The van der Waals surface area contributed by atoms with Gasteiger partial charge >= 0.3 is 0 Å². The molecule has 4 aromatic rings. The summed E-state index contributed by atoms with van der Waals surface area (Å²) < 4.78 is 22.4. The van der Waals surface area contributed by atoms with Gasteiger partial charge in [0.15, 0.2) is 0 Å². The summed E-state index contributed by atoms with van der Waals surface area (Å²) in [6.45, 7) is 0. The zero-order valence-electron chi connectivity index (χ0n) is 13.0. The highest BCUT2D eigenvalue weighted by atomic mass is 32.2. The number of benzene rings is 3. The van der Waals surface area contributed by atoms with Crippen LogP contribution in [0.1, 0.15) is 10.4 Å². The van der Waals surface area contributed by atoms with Gasteiger partial charge in [-0.3, -0.25) is 9.00 Å². The summed E-state index contributed by atoms with van der Waals surface area (Å²) in [5, 5.41) is 1.96. The van der Waals surface area contributed by atoms with Crippen molar-refractivity contribution in [3.63, 3.8) is 0 Å². The van der Waals surface area contributed by atoms with E-state index in [1.54, 1.807) is 18.2 Å². The number of hydrogen-bond donors (Lipinski definition) is 0. The van der Waals surface area contributed by atoms with Crippen LogP contribution in [-0.4, -0.2) is 18.9 Å². The molecule has 1 heterocycles. The van der Waals surface area contributed by atoms with E-state index < -0.39 is 16.2 Å². The van der Waals surface area contributed by atoms with Crippen molar-refractivity contribution in [2.75, 3.05) is 0 Å². The van der Waals surface area contributed by atoms with Gasteiger partial charge in [-0.25, -0.2) is 4.98 Å². The van der Waals surface area contributed by atoms with Gasteiger partial charge < -0.3 is 4.55 Å². The van der Waals surface area contributed by atoms with E-state index in [0.29, 0.717) is 11.3 Å². The molecule has 0 radical (unpaired) electrons.